The van der Waals surface area contributed by atoms with Crippen LogP contribution in [0.5, 0.6) is 0 Å². The van der Waals surface area contributed by atoms with Crippen LogP contribution < -0.4 is 11.1 Å². The number of rotatable bonds is 9. The molecule has 0 aromatic heterocycles. The van der Waals surface area contributed by atoms with Crippen LogP contribution in [0.4, 0.5) is 11.4 Å². The van der Waals surface area contributed by atoms with Crippen molar-refractivity contribution in [2.75, 3.05) is 44.5 Å². The van der Waals surface area contributed by atoms with Crippen LogP contribution in [0.3, 0.4) is 0 Å². The van der Waals surface area contributed by atoms with Crippen molar-refractivity contribution < 1.29 is 19.4 Å². The molecule has 0 bridgehead atoms. The smallest absolute Gasteiger partial charge is 0.337 e. The second kappa shape index (κ2) is 8.34. The van der Waals surface area contributed by atoms with Crippen LogP contribution in [0.1, 0.15) is 16.8 Å². The molecular weight excluding hydrogens is 248 g/mol. The molecule has 0 unspecified atom stereocenters. The molecule has 0 amide bonds. The molecule has 0 radical (unpaired) electrons. The van der Waals surface area contributed by atoms with Crippen molar-refractivity contribution in [2.24, 2.45) is 0 Å². The van der Waals surface area contributed by atoms with Crippen LogP contribution in [0.2, 0.25) is 0 Å². The molecule has 4 N–H and O–H groups in total. The van der Waals surface area contributed by atoms with Gasteiger partial charge in [-0.15, -0.1) is 0 Å². The Bertz CT molecular complexity index is 410. The third kappa shape index (κ3) is 5.15. The van der Waals surface area contributed by atoms with Gasteiger partial charge in [0.15, 0.2) is 0 Å². The zero-order chi connectivity index (χ0) is 14.1. The number of methoxy groups -OCH3 is 1. The predicted octanol–water partition coefficient (Wildman–Crippen LogP) is 1.43. The van der Waals surface area contributed by atoms with Crippen LogP contribution in [0.25, 0.3) is 0 Å². The number of hydrogen-bond donors (Lipinski definition) is 3. The molecule has 6 nitrogen and oxygen atoms in total. The largest absolute Gasteiger partial charge is 0.478 e. The van der Waals surface area contributed by atoms with Crippen molar-refractivity contribution in [1.29, 1.82) is 0 Å². The molecule has 0 saturated heterocycles. The van der Waals surface area contributed by atoms with Crippen LogP contribution in [-0.2, 0) is 9.47 Å². The molecule has 0 aliphatic rings. The van der Waals surface area contributed by atoms with E-state index >= 15 is 0 Å². The highest BCUT2D eigenvalue weighted by Gasteiger charge is 2.11. The first kappa shape index (κ1) is 15.3. The number of carboxylic acids is 1. The fraction of sp³-hybridized carbons (Fsp3) is 0.462. The molecular formula is C13H20N2O4. The first-order chi connectivity index (χ1) is 9.16. The number of para-hydroxylation sites is 1. The highest BCUT2D eigenvalue weighted by atomic mass is 16.5. The van der Waals surface area contributed by atoms with Gasteiger partial charge >= 0.3 is 5.97 Å². The molecule has 0 fully saturated rings. The first-order valence-electron chi connectivity index (χ1n) is 6.09. The lowest BCUT2D eigenvalue weighted by molar-refractivity contribution is 0.0697. The van der Waals surface area contributed by atoms with E-state index in [4.69, 9.17) is 20.3 Å². The second-order valence-electron chi connectivity index (χ2n) is 3.96. The number of nitrogen functional groups attached to an aromatic ring is 1. The molecule has 6 heteroatoms. The normalized spacial score (nSPS) is 10.4. The number of carbonyl (C=O) groups is 1. The van der Waals surface area contributed by atoms with Gasteiger partial charge in [0.1, 0.15) is 0 Å². The maximum atomic E-state index is 11.0. The fourth-order valence-corrected chi connectivity index (χ4v) is 1.58. The molecule has 0 atom stereocenters. The van der Waals surface area contributed by atoms with Gasteiger partial charge in [0.2, 0.25) is 0 Å². The topological polar surface area (TPSA) is 93.8 Å². The van der Waals surface area contributed by atoms with E-state index in [-0.39, 0.29) is 5.56 Å². The minimum absolute atomic E-state index is 0.181. The summed E-state index contributed by atoms with van der Waals surface area (Å²) in [7, 11) is 1.62. The minimum atomic E-state index is -0.994. The molecule has 106 valence electrons. The van der Waals surface area contributed by atoms with E-state index in [1.807, 2.05) is 0 Å². The van der Waals surface area contributed by atoms with Gasteiger partial charge < -0.3 is 25.6 Å². The summed E-state index contributed by atoms with van der Waals surface area (Å²) in [5, 5.41) is 12.1. The quantitative estimate of drug-likeness (QED) is 0.463. The standard InChI is InChI=1S/C13H20N2O4/c1-18-8-9-19-7-3-6-15-12-10(13(16)17)4-2-5-11(12)14/h2,4-5,15H,3,6-9,14H2,1H3,(H,16,17). The lowest BCUT2D eigenvalue weighted by Crippen LogP contribution is -2.12. The number of hydrogen-bond acceptors (Lipinski definition) is 5. The van der Waals surface area contributed by atoms with Crippen LogP contribution >= 0.6 is 0 Å². The van der Waals surface area contributed by atoms with Gasteiger partial charge in [-0.1, -0.05) is 6.07 Å². The van der Waals surface area contributed by atoms with Crippen molar-refractivity contribution in [3.05, 3.63) is 23.8 Å². The van der Waals surface area contributed by atoms with Crippen molar-refractivity contribution in [1.82, 2.24) is 0 Å². The van der Waals surface area contributed by atoms with Gasteiger partial charge in [-0.05, 0) is 18.6 Å². The summed E-state index contributed by atoms with van der Waals surface area (Å²) in [6.07, 6.45) is 0.761. The van der Waals surface area contributed by atoms with Gasteiger partial charge in [-0.3, -0.25) is 0 Å². The molecule has 0 aliphatic heterocycles. The highest BCUT2D eigenvalue weighted by molar-refractivity contribution is 5.97. The third-order valence-electron chi connectivity index (χ3n) is 2.53. The van der Waals surface area contributed by atoms with Crippen molar-refractivity contribution in [3.8, 4) is 0 Å². The van der Waals surface area contributed by atoms with Gasteiger partial charge in [0.25, 0.3) is 0 Å². The Kier molecular flexibility index (Phi) is 6.70. The van der Waals surface area contributed by atoms with E-state index in [0.717, 1.165) is 6.42 Å². The van der Waals surface area contributed by atoms with Gasteiger partial charge in [0, 0.05) is 20.3 Å². The minimum Gasteiger partial charge on any atom is -0.478 e. The van der Waals surface area contributed by atoms with E-state index in [0.29, 0.717) is 37.7 Å². The lowest BCUT2D eigenvalue weighted by Gasteiger charge is -2.12. The summed E-state index contributed by atoms with van der Waals surface area (Å²) < 4.78 is 10.2. The zero-order valence-corrected chi connectivity index (χ0v) is 11.0. The van der Waals surface area contributed by atoms with Crippen LogP contribution in [0.15, 0.2) is 18.2 Å². The first-order valence-corrected chi connectivity index (χ1v) is 6.09. The van der Waals surface area contributed by atoms with Gasteiger partial charge in [0.05, 0.1) is 30.2 Å². The number of benzene rings is 1. The van der Waals surface area contributed by atoms with E-state index in [2.05, 4.69) is 5.32 Å². The van der Waals surface area contributed by atoms with Gasteiger partial charge in [-0.2, -0.15) is 0 Å². The van der Waals surface area contributed by atoms with Crippen molar-refractivity contribution in [2.45, 2.75) is 6.42 Å². The van der Waals surface area contributed by atoms with Crippen molar-refractivity contribution in [3.63, 3.8) is 0 Å². The van der Waals surface area contributed by atoms with E-state index < -0.39 is 5.97 Å². The predicted molar refractivity (Wildman–Crippen MR) is 73.6 cm³/mol. The number of aromatic carboxylic acids is 1. The highest BCUT2D eigenvalue weighted by Crippen LogP contribution is 2.23. The average Bonchev–Trinajstić information content (AvgIpc) is 2.39. The third-order valence-corrected chi connectivity index (χ3v) is 2.53. The number of nitrogens with one attached hydrogen (secondary N) is 1. The Labute approximate surface area is 112 Å². The molecule has 19 heavy (non-hydrogen) atoms. The molecule has 1 rings (SSSR count). The number of carboxylic acid groups (broad SMARTS) is 1. The summed E-state index contributed by atoms with van der Waals surface area (Å²) in [5.74, 6) is -0.994. The van der Waals surface area contributed by atoms with Gasteiger partial charge in [-0.25, -0.2) is 4.79 Å². The SMILES string of the molecule is COCCOCCCNc1c(N)cccc1C(=O)O. The summed E-state index contributed by atoms with van der Waals surface area (Å²) in [5.41, 5.74) is 6.84. The Morgan fingerprint density at radius 2 is 2.16 bits per heavy atom. The molecule has 0 spiro atoms. The van der Waals surface area contributed by atoms with E-state index in [1.165, 1.54) is 6.07 Å². The molecule has 1 aromatic carbocycles. The molecule has 0 saturated carbocycles. The molecule has 0 heterocycles. The van der Waals surface area contributed by atoms with E-state index in [9.17, 15) is 4.79 Å². The van der Waals surface area contributed by atoms with E-state index in [1.54, 1.807) is 19.2 Å². The summed E-state index contributed by atoms with van der Waals surface area (Å²) in [6, 6.07) is 4.82. The fourth-order valence-electron chi connectivity index (χ4n) is 1.58. The molecule has 1 aromatic rings. The Morgan fingerprint density at radius 1 is 1.37 bits per heavy atom. The Hall–Kier alpha value is -1.79. The lowest BCUT2D eigenvalue weighted by atomic mass is 10.1. The Morgan fingerprint density at radius 3 is 2.84 bits per heavy atom. The summed E-state index contributed by atoms with van der Waals surface area (Å²) in [4.78, 5) is 11.0. The summed E-state index contributed by atoms with van der Waals surface area (Å²) in [6.45, 7) is 2.32. The number of anilines is 2. The summed E-state index contributed by atoms with van der Waals surface area (Å²) >= 11 is 0. The maximum absolute atomic E-state index is 11.0. The maximum Gasteiger partial charge on any atom is 0.337 e. The Balaban J connectivity index is 2.38. The van der Waals surface area contributed by atoms with Crippen LogP contribution in [-0.4, -0.2) is 44.6 Å². The van der Waals surface area contributed by atoms with Crippen molar-refractivity contribution >= 4 is 17.3 Å². The van der Waals surface area contributed by atoms with Crippen LogP contribution in [0, 0.1) is 0 Å². The average molecular weight is 268 g/mol. The molecule has 0 aliphatic carbocycles. The number of ether oxygens (including phenoxy) is 2. The monoisotopic (exact) mass is 268 g/mol. The number of nitrogens with two attached hydrogens (primary N) is 1. The zero-order valence-electron chi connectivity index (χ0n) is 11.0. The second-order valence-corrected chi connectivity index (χ2v) is 3.96.